The number of para-hydroxylation sites is 1. The maximum atomic E-state index is 9.94. The molecule has 0 aromatic heterocycles. The van der Waals surface area contributed by atoms with Crippen molar-refractivity contribution in [1.82, 2.24) is 4.90 Å². The Bertz CT molecular complexity index is 450. The van der Waals surface area contributed by atoms with Gasteiger partial charge in [0.2, 0.25) is 0 Å². The van der Waals surface area contributed by atoms with Gasteiger partial charge >= 0.3 is 0 Å². The number of hydrogen-bond acceptors (Lipinski definition) is 4. The van der Waals surface area contributed by atoms with Gasteiger partial charge in [0.25, 0.3) is 0 Å². The van der Waals surface area contributed by atoms with Crippen molar-refractivity contribution in [1.29, 1.82) is 0 Å². The Hall–Kier alpha value is -1.10. The molecule has 0 aliphatic carbocycles. The lowest BCUT2D eigenvalue weighted by Crippen LogP contribution is -2.49. The van der Waals surface area contributed by atoms with Crippen LogP contribution in [-0.2, 0) is 4.74 Å². The average Bonchev–Trinajstić information content (AvgIpc) is 2.56. The van der Waals surface area contributed by atoms with Crippen molar-refractivity contribution in [3.8, 4) is 0 Å². The standard InChI is InChI=1S/C17H26N2O2/c1-14(20)16-4-2-3-5-17(16)19-8-6-15(7-9-19)18-10-12-21-13-11-18/h2-5,14-15,20H,6-13H2,1H3. The predicted octanol–water partition coefficient (Wildman–Crippen LogP) is 2.04. The van der Waals surface area contributed by atoms with Crippen LogP contribution >= 0.6 is 0 Å². The van der Waals surface area contributed by atoms with E-state index in [0.29, 0.717) is 6.04 Å². The van der Waals surface area contributed by atoms with Gasteiger partial charge in [-0.25, -0.2) is 0 Å². The van der Waals surface area contributed by atoms with E-state index in [2.05, 4.69) is 21.9 Å². The molecule has 4 heteroatoms. The highest BCUT2D eigenvalue weighted by molar-refractivity contribution is 5.54. The lowest BCUT2D eigenvalue weighted by atomic mass is 10.00. The van der Waals surface area contributed by atoms with Crippen LogP contribution in [0.4, 0.5) is 5.69 Å². The number of rotatable bonds is 3. The normalized spacial score (nSPS) is 23.2. The Kier molecular flexibility index (Phi) is 4.78. The fourth-order valence-electron chi connectivity index (χ4n) is 3.54. The smallest absolute Gasteiger partial charge is 0.0781 e. The van der Waals surface area contributed by atoms with Crippen LogP contribution in [0.2, 0.25) is 0 Å². The molecule has 0 bridgehead atoms. The van der Waals surface area contributed by atoms with E-state index in [4.69, 9.17) is 4.74 Å². The molecule has 1 atom stereocenters. The van der Waals surface area contributed by atoms with E-state index in [1.807, 2.05) is 19.1 Å². The van der Waals surface area contributed by atoms with Crippen molar-refractivity contribution >= 4 is 5.69 Å². The van der Waals surface area contributed by atoms with Gasteiger partial charge in [-0.05, 0) is 25.8 Å². The summed E-state index contributed by atoms with van der Waals surface area (Å²) < 4.78 is 5.44. The third-order valence-corrected chi connectivity index (χ3v) is 4.75. The van der Waals surface area contributed by atoms with Crippen LogP contribution in [0.15, 0.2) is 24.3 Å². The van der Waals surface area contributed by atoms with Crippen molar-refractivity contribution < 1.29 is 9.84 Å². The number of aliphatic hydroxyl groups is 1. The van der Waals surface area contributed by atoms with Crippen LogP contribution in [0.25, 0.3) is 0 Å². The van der Waals surface area contributed by atoms with Crippen molar-refractivity contribution in [3.05, 3.63) is 29.8 Å². The minimum atomic E-state index is -0.404. The number of ether oxygens (including phenoxy) is 1. The zero-order chi connectivity index (χ0) is 14.7. The summed E-state index contributed by atoms with van der Waals surface area (Å²) in [6, 6.07) is 8.94. The van der Waals surface area contributed by atoms with Gasteiger partial charge in [0.05, 0.1) is 19.3 Å². The first-order valence-corrected chi connectivity index (χ1v) is 8.09. The van der Waals surface area contributed by atoms with Crippen LogP contribution in [0.3, 0.4) is 0 Å². The molecular formula is C17H26N2O2. The van der Waals surface area contributed by atoms with E-state index in [9.17, 15) is 5.11 Å². The Morgan fingerprint density at radius 3 is 2.43 bits per heavy atom. The third-order valence-electron chi connectivity index (χ3n) is 4.75. The summed E-state index contributed by atoms with van der Waals surface area (Å²) in [5.74, 6) is 0. The predicted molar refractivity (Wildman–Crippen MR) is 84.7 cm³/mol. The van der Waals surface area contributed by atoms with Gasteiger partial charge in [0.1, 0.15) is 0 Å². The maximum absolute atomic E-state index is 9.94. The molecule has 4 nitrogen and oxygen atoms in total. The molecule has 2 heterocycles. The largest absolute Gasteiger partial charge is 0.389 e. The second-order valence-corrected chi connectivity index (χ2v) is 6.10. The van der Waals surface area contributed by atoms with Crippen molar-refractivity contribution in [3.63, 3.8) is 0 Å². The molecule has 2 aliphatic rings. The molecule has 1 N–H and O–H groups in total. The first-order chi connectivity index (χ1) is 10.3. The highest BCUT2D eigenvalue weighted by Crippen LogP contribution is 2.29. The topological polar surface area (TPSA) is 35.9 Å². The molecule has 2 saturated heterocycles. The van der Waals surface area contributed by atoms with Gasteiger partial charge in [-0.15, -0.1) is 0 Å². The van der Waals surface area contributed by atoms with Crippen molar-refractivity contribution in [2.45, 2.75) is 31.9 Å². The van der Waals surface area contributed by atoms with Gasteiger partial charge in [0, 0.05) is 43.5 Å². The molecule has 0 radical (unpaired) electrons. The van der Waals surface area contributed by atoms with E-state index in [1.165, 1.54) is 18.5 Å². The zero-order valence-corrected chi connectivity index (χ0v) is 12.9. The molecule has 116 valence electrons. The monoisotopic (exact) mass is 290 g/mol. The molecule has 0 amide bonds. The molecule has 1 aromatic carbocycles. The molecule has 0 spiro atoms. The van der Waals surface area contributed by atoms with Crippen molar-refractivity contribution in [2.24, 2.45) is 0 Å². The third kappa shape index (κ3) is 3.39. The van der Waals surface area contributed by atoms with Crippen LogP contribution < -0.4 is 4.90 Å². The summed E-state index contributed by atoms with van der Waals surface area (Å²) in [6.45, 7) is 7.91. The highest BCUT2D eigenvalue weighted by atomic mass is 16.5. The Morgan fingerprint density at radius 1 is 1.10 bits per heavy atom. The Labute approximate surface area is 127 Å². The number of morpholine rings is 1. The summed E-state index contributed by atoms with van der Waals surface area (Å²) in [4.78, 5) is 5.01. The van der Waals surface area contributed by atoms with E-state index in [0.717, 1.165) is 45.0 Å². The SMILES string of the molecule is CC(O)c1ccccc1N1CCC(N2CCOCC2)CC1. The second kappa shape index (κ2) is 6.77. The van der Waals surface area contributed by atoms with Crippen molar-refractivity contribution in [2.75, 3.05) is 44.3 Å². The van der Waals surface area contributed by atoms with Gasteiger partial charge < -0.3 is 14.7 Å². The van der Waals surface area contributed by atoms with E-state index < -0.39 is 6.10 Å². The number of benzene rings is 1. The van der Waals surface area contributed by atoms with Gasteiger partial charge in [-0.2, -0.15) is 0 Å². The van der Waals surface area contributed by atoms with E-state index >= 15 is 0 Å². The Morgan fingerprint density at radius 2 is 1.76 bits per heavy atom. The molecule has 21 heavy (non-hydrogen) atoms. The summed E-state index contributed by atoms with van der Waals surface area (Å²) in [5, 5.41) is 9.94. The van der Waals surface area contributed by atoms with Crippen LogP contribution in [-0.4, -0.2) is 55.4 Å². The number of nitrogens with zero attached hydrogens (tertiary/aromatic N) is 2. The van der Waals surface area contributed by atoms with Gasteiger partial charge in [0.15, 0.2) is 0 Å². The fourth-order valence-corrected chi connectivity index (χ4v) is 3.54. The van der Waals surface area contributed by atoms with Gasteiger partial charge in [-0.3, -0.25) is 4.90 Å². The van der Waals surface area contributed by atoms with Crippen LogP contribution in [0.5, 0.6) is 0 Å². The molecule has 2 fully saturated rings. The minimum Gasteiger partial charge on any atom is -0.389 e. The lowest BCUT2D eigenvalue weighted by molar-refractivity contribution is 0.0115. The lowest BCUT2D eigenvalue weighted by Gasteiger charge is -2.41. The molecule has 3 rings (SSSR count). The maximum Gasteiger partial charge on any atom is 0.0781 e. The minimum absolute atomic E-state index is 0.404. The Balaban J connectivity index is 1.63. The second-order valence-electron chi connectivity index (χ2n) is 6.10. The first kappa shape index (κ1) is 14.8. The van der Waals surface area contributed by atoms with E-state index in [1.54, 1.807) is 0 Å². The quantitative estimate of drug-likeness (QED) is 0.924. The number of aliphatic hydroxyl groups excluding tert-OH is 1. The number of piperidine rings is 1. The number of hydrogen-bond donors (Lipinski definition) is 1. The zero-order valence-electron chi connectivity index (χ0n) is 12.9. The number of anilines is 1. The molecule has 1 aromatic rings. The molecule has 0 saturated carbocycles. The summed E-state index contributed by atoms with van der Waals surface area (Å²) >= 11 is 0. The fraction of sp³-hybridized carbons (Fsp3) is 0.647. The molecular weight excluding hydrogens is 264 g/mol. The first-order valence-electron chi connectivity index (χ1n) is 8.09. The van der Waals surface area contributed by atoms with Crippen LogP contribution in [0, 0.1) is 0 Å². The average molecular weight is 290 g/mol. The highest BCUT2D eigenvalue weighted by Gasteiger charge is 2.26. The summed E-state index contributed by atoms with van der Waals surface area (Å²) in [6.07, 6.45) is 2.00. The van der Waals surface area contributed by atoms with Gasteiger partial charge in [-0.1, -0.05) is 18.2 Å². The summed E-state index contributed by atoms with van der Waals surface area (Å²) in [5.41, 5.74) is 2.25. The summed E-state index contributed by atoms with van der Waals surface area (Å²) in [7, 11) is 0. The molecule has 1 unspecified atom stereocenters. The molecule has 2 aliphatic heterocycles. The van der Waals surface area contributed by atoms with Crippen LogP contribution in [0.1, 0.15) is 31.4 Å². The van der Waals surface area contributed by atoms with E-state index in [-0.39, 0.29) is 0 Å².